The summed E-state index contributed by atoms with van der Waals surface area (Å²) in [6.45, 7) is 4.93. The highest BCUT2D eigenvalue weighted by atomic mass is 15.4. The number of hydrogen-bond acceptors (Lipinski definition) is 2. The molecular weight excluding hydrogens is 200 g/mol. The molecule has 16 heavy (non-hydrogen) atoms. The third-order valence-electron chi connectivity index (χ3n) is 2.32. The average molecular weight is 220 g/mol. The van der Waals surface area contributed by atoms with E-state index in [1.54, 1.807) is 0 Å². The third-order valence-corrected chi connectivity index (χ3v) is 2.32. The minimum atomic E-state index is 0.687. The zero-order valence-electron chi connectivity index (χ0n) is 10.2. The summed E-state index contributed by atoms with van der Waals surface area (Å²) < 4.78 is 0. The van der Waals surface area contributed by atoms with E-state index in [4.69, 9.17) is 5.84 Å². The highest BCUT2D eigenvalue weighted by molar-refractivity contribution is 5.95. The van der Waals surface area contributed by atoms with Crippen LogP contribution in [0.25, 0.3) is 0 Å². The maximum absolute atomic E-state index is 5.47. The van der Waals surface area contributed by atoms with Crippen molar-refractivity contribution >= 4 is 11.6 Å². The molecule has 0 saturated heterocycles. The first-order chi connectivity index (χ1) is 7.69. The Hall–Kier alpha value is -1.55. The van der Waals surface area contributed by atoms with Crippen molar-refractivity contribution in [3.8, 4) is 0 Å². The van der Waals surface area contributed by atoms with Gasteiger partial charge in [-0.1, -0.05) is 19.1 Å². The first kappa shape index (κ1) is 12.5. The predicted octanol–water partition coefficient (Wildman–Crippen LogP) is 1.66. The lowest BCUT2D eigenvalue weighted by Gasteiger charge is -2.21. The second kappa shape index (κ2) is 6.12. The molecule has 1 aromatic rings. The van der Waals surface area contributed by atoms with Crippen molar-refractivity contribution in [2.24, 2.45) is 10.8 Å². The standard InChI is InChI=1S/C12H20N4/c1-4-8-14-12(15-13)16(3)11-7-5-6-10(2)9-11/h5-7,9H,4,8,13H2,1-3H3,(H,14,15). The lowest BCUT2D eigenvalue weighted by Crippen LogP contribution is -2.43. The zero-order chi connectivity index (χ0) is 12.0. The van der Waals surface area contributed by atoms with Crippen molar-refractivity contribution < 1.29 is 0 Å². The van der Waals surface area contributed by atoms with Gasteiger partial charge >= 0.3 is 0 Å². The lowest BCUT2D eigenvalue weighted by atomic mass is 10.2. The molecule has 1 rings (SSSR count). The summed E-state index contributed by atoms with van der Waals surface area (Å²) in [5.74, 6) is 6.15. The monoisotopic (exact) mass is 220 g/mol. The molecule has 3 N–H and O–H groups in total. The second-order valence-electron chi connectivity index (χ2n) is 3.75. The molecule has 88 valence electrons. The Morgan fingerprint density at radius 1 is 1.50 bits per heavy atom. The van der Waals surface area contributed by atoms with Gasteiger partial charge in [-0.25, -0.2) is 5.84 Å². The number of hydrogen-bond donors (Lipinski definition) is 2. The largest absolute Gasteiger partial charge is 0.315 e. The van der Waals surface area contributed by atoms with Crippen LogP contribution in [-0.2, 0) is 0 Å². The number of aryl methyl sites for hydroxylation is 1. The van der Waals surface area contributed by atoms with Crippen LogP contribution in [0.3, 0.4) is 0 Å². The van der Waals surface area contributed by atoms with Crippen LogP contribution in [0.5, 0.6) is 0 Å². The maximum atomic E-state index is 5.47. The first-order valence-electron chi connectivity index (χ1n) is 5.50. The van der Waals surface area contributed by atoms with E-state index in [2.05, 4.69) is 36.4 Å². The summed E-state index contributed by atoms with van der Waals surface area (Å²) in [6, 6.07) is 8.22. The Kier molecular flexibility index (Phi) is 4.79. The Balaban J connectivity index is 2.86. The number of aliphatic imine (C=N–C) groups is 1. The highest BCUT2D eigenvalue weighted by Gasteiger charge is 2.06. The molecule has 0 atom stereocenters. The normalized spacial score (nSPS) is 11.4. The molecule has 0 amide bonds. The minimum absolute atomic E-state index is 0.687. The SMILES string of the molecule is CCCN=C(NN)N(C)c1cccc(C)c1. The number of benzene rings is 1. The van der Waals surface area contributed by atoms with Gasteiger partial charge in [-0.2, -0.15) is 0 Å². The van der Waals surface area contributed by atoms with Crippen LogP contribution in [0.1, 0.15) is 18.9 Å². The average Bonchev–Trinajstić information content (AvgIpc) is 2.29. The molecule has 0 aliphatic carbocycles. The van der Waals surface area contributed by atoms with Gasteiger partial charge < -0.3 is 4.90 Å². The fourth-order valence-corrected chi connectivity index (χ4v) is 1.43. The highest BCUT2D eigenvalue weighted by Crippen LogP contribution is 2.14. The summed E-state index contributed by atoms with van der Waals surface area (Å²) in [6.07, 6.45) is 1.01. The molecule has 0 heterocycles. The van der Waals surface area contributed by atoms with Crippen LogP contribution in [0.15, 0.2) is 29.3 Å². The molecule has 0 unspecified atom stereocenters. The minimum Gasteiger partial charge on any atom is -0.315 e. The molecule has 0 spiro atoms. The topological polar surface area (TPSA) is 53.6 Å². The molecule has 0 aliphatic rings. The van der Waals surface area contributed by atoms with Crippen LogP contribution < -0.4 is 16.2 Å². The van der Waals surface area contributed by atoms with E-state index in [-0.39, 0.29) is 0 Å². The number of nitrogens with one attached hydrogen (secondary N) is 1. The van der Waals surface area contributed by atoms with Gasteiger partial charge in [0.1, 0.15) is 0 Å². The van der Waals surface area contributed by atoms with Crippen molar-refractivity contribution in [1.29, 1.82) is 0 Å². The van der Waals surface area contributed by atoms with Crippen LogP contribution >= 0.6 is 0 Å². The second-order valence-corrected chi connectivity index (χ2v) is 3.75. The van der Waals surface area contributed by atoms with Gasteiger partial charge in [-0.05, 0) is 31.0 Å². The van der Waals surface area contributed by atoms with E-state index >= 15 is 0 Å². The Morgan fingerprint density at radius 2 is 2.25 bits per heavy atom. The van der Waals surface area contributed by atoms with Gasteiger partial charge in [0.05, 0.1) is 0 Å². The van der Waals surface area contributed by atoms with Crippen molar-refractivity contribution in [3.63, 3.8) is 0 Å². The number of nitrogens with two attached hydrogens (primary N) is 1. The van der Waals surface area contributed by atoms with Crippen molar-refractivity contribution in [2.45, 2.75) is 20.3 Å². The molecule has 0 aliphatic heterocycles. The van der Waals surface area contributed by atoms with Crippen LogP contribution in [0.4, 0.5) is 5.69 Å². The van der Waals surface area contributed by atoms with Gasteiger partial charge in [-0.15, -0.1) is 0 Å². The molecule has 0 aromatic heterocycles. The molecule has 0 fully saturated rings. The van der Waals surface area contributed by atoms with Crippen molar-refractivity contribution in [3.05, 3.63) is 29.8 Å². The predicted molar refractivity (Wildman–Crippen MR) is 69.5 cm³/mol. The van der Waals surface area contributed by atoms with E-state index in [9.17, 15) is 0 Å². The van der Waals surface area contributed by atoms with E-state index in [0.29, 0.717) is 5.96 Å². The lowest BCUT2D eigenvalue weighted by molar-refractivity contribution is 0.889. The molecule has 4 nitrogen and oxygen atoms in total. The Labute approximate surface area is 97.1 Å². The van der Waals surface area contributed by atoms with E-state index in [1.165, 1.54) is 5.56 Å². The molecule has 0 radical (unpaired) electrons. The summed E-state index contributed by atoms with van der Waals surface area (Å²) in [5.41, 5.74) is 4.93. The summed E-state index contributed by atoms with van der Waals surface area (Å²) in [5, 5.41) is 0. The Morgan fingerprint density at radius 3 is 2.81 bits per heavy atom. The van der Waals surface area contributed by atoms with Gasteiger partial charge in [0, 0.05) is 19.3 Å². The summed E-state index contributed by atoms with van der Waals surface area (Å²) >= 11 is 0. The van der Waals surface area contributed by atoms with Crippen molar-refractivity contribution in [2.75, 3.05) is 18.5 Å². The van der Waals surface area contributed by atoms with Gasteiger partial charge in [0.2, 0.25) is 5.96 Å². The fourth-order valence-electron chi connectivity index (χ4n) is 1.43. The summed E-state index contributed by atoms with van der Waals surface area (Å²) in [7, 11) is 1.95. The van der Waals surface area contributed by atoms with Crippen molar-refractivity contribution in [1.82, 2.24) is 5.43 Å². The number of anilines is 1. The molecular formula is C12H20N4. The third kappa shape index (κ3) is 3.24. The van der Waals surface area contributed by atoms with E-state index in [1.807, 2.05) is 24.1 Å². The molecule has 0 bridgehead atoms. The van der Waals surface area contributed by atoms with E-state index in [0.717, 1.165) is 18.7 Å². The quantitative estimate of drug-likeness (QED) is 0.352. The maximum Gasteiger partial charge on any atom is 0.212 e. The smallest absolute Gasteiger partial charge is 0.212 e. The number of nitrogens with zero attached hydrogens (tertiary/aromatic N) is 2. The fraction of sp³-hybridized carbons (Fsp3) is 0.417. The van der Waals surface area contributed by atoms with Crippen LogP contribution in [0, 0.1) is 6.92 Å². The van der Waals surface area contributed by atoms with Crippen LogP contribution in [-0.4, -0.2) is 19.6 Å². The van der Waals surface area contributed by atoms with Gasteiger partial charge in [0.25, 0.3) is 0 Å². The number of rotatable bonds is 3. The molecule has 0 saturated carbocycles. The Bertz CT molecular complexity index is 360. The molecule has 4 heteroatoms. The number of hydrazine groups is 1. The van der Waals surface area contributed by atoms with Gasteiger partial charge in [-0.3, -0.25) is 10.4 Å². The summed E-state index contributed by atoms with van der Waals surface area (Å²) in [4.78, 5) is 6.32. The molecule has 1 aromatic carbocycles. The number of guanidine groups is 1. The first-order valence-corrected chi connectivity index (χ1v) is 5.50. The van der Waals surface area contributed by atoms with Crippen LogP contribution in [0.2, 0.25) is 0 Å². The van der Waals surface area contributed by atoms with E-state index < -0.39 is 0 Å². The van der Waals surface area contributed by atoms with Gasteiger partial charge in [0.15, 0.2) is 0 Å². The zero-order valence-corrected chi connectivity index (χ0v) is 10.2.